The highest BCUT2D eigenvalue weighted by atomic mass is 32.2. The first-order valence-corrected chi connectivity index (χ1v) is 6.48. The Bertz CT molecular complexity index is 358. The predicted octanol–water partition coefficient (Wildman–Crippen LogP) is 2.39. The molecule has 1 fully saturated rings. The molecule has 1 unspecified atom stereocenters. The van der Waals surface area contributed by atoms with Crippen molar-refractivity contribution >= 4 is 23.4 Å². The van der Waals surface area contributed by atoms with Crippen LogP contribution in [-0.4, -0.2) is 24.5 Å². The summed E-state index contributed by atoms with van der Waals surface area (Å²) in [6, 6.07) is 7.41. The Hall–Kier alpha value is -1.16. The maximum atomic E-state index is 11.8. The van der Waals surface area contributed by atoms with E-state index in [0.29, 0.717) is 0 Å². The molecule has 1 aromatic rings. The standard InChI is InChI=1S/C12H15NO2S/c1-15-11-4-2-10(3-5-11)13-12(14)9-6-7-16-8-9/h2-5,9H,6-8H2,1H3,(H,13,14). The van der Waals surface area contributed by atoms with E-state index in [1.165, 1.54) is 0 Å². The van der Waals surface area contributed by atoms with Gasteiger partial charge in [-0.05, 0) is 36.4 Å². The average Bonchev–Trinajstić information content (AvgIpc) is 2.83. The monoisotopic (exact) mass is 237 g/mol. The van der Waals surface area contributed by atoms with E-state index in [2.05, 4.69) is 5.32 Å². The number of nitrogens with one attached hydrogen (secondary N) is 1. The van der Waals surface area contributed by atoms with Crippen molar-refractivity contribution < 1.29 is 9.53 Å². The van der Waals surface area contributed by atoms with Crippen LogP contribution in [0.4, 0.5) is 5.69 Å². The molecule has 0 radical (unpaired) electrons. The first-order chi connectivity index (χ1) is 7.79. The fourth-order valence-corrected chi connectivity index (χ4v) is 2.88. The van der Waals surface area contributed by atoms with Crippen molar-refractivity contribution in [1.29, 1.82) is 0 Å². The quantitative estimate of drug-likeness (QED) is 0.877. The fourth-order valence-electron chi connectivity index (χ4n) is 1.66. The number of hydrogen-bond donors (Lipinski definition) is 1. The lowest BCUT2D eigenvalue weighted by Crippen LogP contribution is -2.22. The Labute approximate surface area is 99.6 Å². The summed E-state index contributed by atoms with van der Waals surface area (Å²) in [5.74, 6) is 3.15. The third-order valence-corrected chi connectivity index (χ3v) is 3.82. The first-order valence-electron chi connectivity index (χ1n) is 5.32. The van der Waals surface area contributed by atoms with Crippen molar-refractivity contribution in [2.45, 2.75) is 6.42 Å². The van der Waals surface area contributed by atoms with E-state index in [-0.39, 0.29) is 11.8 Å². The van der Waals surface area contributed by atoms with Crippen LogP contribution >= 0.6 is 11.8 Å². The van der Waals surface area contributed by atoms with Gasteiger partial charge in [-0.1, -0.05) is 0 Å². The Morgan fingerprint density at radius 2 is 2.19 bits per heavy atom. The molecule has 4 heteroatoms. The summed E-state index contributed by atoms with van der Waals surface area (Å²) >= 11 is 1.85. The zero-order chi connectivity index (χ0) is 11.4. The molecule has 86 valence electrons. The van der Waals surface area contributed by atoms with Gasteiger partial charge < -0.3 is 10.1 Å². The lowest BCUT2D eigenvalue weighted by atomic mass is 10.1. The van der Waals surface area contributed by atoms with Crippen LogP contribution in [0.5, 0.6) is 5.75 Å². The van der Waals surface area contributed by atoms with Crippen LogP contribution in [0.2, 0.25) is 0 Å². The molecular formula is C12H15NO2S. The summed E-state index contributed by atoms with van der Waals surface area (Å²) < 4.78 is 5.06. The summed E-state index contributed by atoms with van der Waals surface area (Å²) in [6.07, 6.45) is 0.993. The normalized spacial score (nSPS) is 19.4. The van der Waals surface area contributed by atoms with Gasteiger partial charge >= 0.3 is 0 Å². The van der Waals surface area contributed by atoms with Crippen LogP contribution in [-0.2, 0) is 4.79 Å². The van der Waals surface area contributed by atoms with Gasteiger partial charge in [0, 0.05) is 17.4 Å². The average molecular weight is 237 g/mol. The highest BCUT2D eigenvalue weighted by Crippen LogP contribution is 2.25. The van der Waals surface area contributed by atoms with Gasteiger partial charge in [0.25, 0.3) is 0 Å². The van der Waals surface area contributed by atoms with Crippen LogP contribution in [0.1, 0.15) is 6.42 Å². The molecule has 1 aliphatic rings. The molecule has 0 spiro atoms. The van der Waals surface area contributed by atoms with E-state index in [4.69, 9.17) is 4.74 Å². The lowest BCUT2D eigenvalue weighted by Gasteiger charge is -2.10. The summed E-state index contributed by atoms with van der Waals surface area (Å²) in [4.78, 5) is 11.8. The highest BCUT2D eigenvalue weighted by molar-refractivity contribution is 7.99. The van der Waals surface area contributed by atoms with Gasteiger partial charge in [0.15, 0.2) is 0 Å². The van der Waals surface area contributed by atoms with Gasteiger partial charge in [-0.15, -0.1) is 0 Å². The summed E-state index contributed by atoms with van der Waals surface area (Å²) in [7, 11) is 1.63. The van der Waals surface area contributed by atoms with Crippen molar-refractivity contribution in [3.63, 3.8) is 0 Å². The summed E-state index contributed by atoms with van der Waals surface area (Å²) in [5, 5.41) is 2.93. The molecule has 3 nitrogen and oxygen atoms in total. The van der Waals surface area contributed by atoms with Crippen molar-refractivity contribution in [2.75, 3.05) is 23.9 Å². The molecule has 0 bridgehead atoms. The lowest BCUT2D eigenvalue weighted by molar-refractivity contribution is -0.119. The number of carbonyl (C=O) groups excluding carboxylic acids is 1. The molecule has 16 heavy (non-hydrogen) atoms. The van der Waals surface area contributed by atoms with Crippen LogP contribution in [0.15, 0.2) is 24.3 Å². The maximum absolute atomic E-state index is 11.8. The number of anilines is 1. The molecule has 2 rings (SSSR count). The summed E-state index contributed by atoms with van der Waals surface area (Å²) in [6.45, 7) is 0. The van der Waals surface area contributed by atoms with Crippen LogP contribution < -0.4 is 10.1 Å². The highest BCUT2D eigenvalue weighted by Gasteiger charge is 2.22. The molecule has 1 atom stereocenters. The van der Waals surface area contributed by atoms with Gasteiger partial charge in [0.05, 0.1) is 7.11 Å². The minimum absolute atomic E-state index is 0.134. The number of benzene rings is 1. The second-order valence-electron chi connectivity index (χ2n) is 3.78. The smallest absolute Gasteiger partial charge is 0.228 e. The predicted molar refractivity (Wildman–Crippen MR) is 67.1 cm³/mol. The van der Waals surface area contributed by atoms with Crippen LogP contribution in [0.25, 0.3) is 0 Å². The third-order valence-electron chi connectivity index (χ3n) is 2.66. The molecule has 1 amide bonds. The van der Waals surface area contributed by atoms with Crippen molar-refractivity contribution in [3.05, 3.63) is 24.3 Å². The minimum Gasteiger partial charge on any atom is -0.497 e. The molecule has 0 aromatic heterocycles. The van der Waals surface area contributed by atoms with E-state index < -0.39 is 0 Å². The first kappa shape index (κ1) is 11.3. The molecule has 0 saturated carbocycles. The van der Waals surface area contributed by atoms with E-state index in [1.807, 2.05) is 36.0 Å². The number of hydrogen-bond acceptors (Lipinski definition) is 3. The minimum atomic E-state index is 0.134. The van der Waals surface area contributed by atoms with Gasteiger partial charge in [-0.3, -0.25) is 4.79 Å². The van der Waals surface area contributed by atoms with Crippen molar-refractivity contribution in [2.24, 2.45) is 5.92 Å². The van der Waals surface area contributed by atoms with Crippen molar-refractivity contribution in [1.82, 2.24) is 0 Å². The molecule has 1 aromatic carbocycles. The largest absolute Gasteiger partial charge is 0.497 e. The molecule has 0 aliphatic carbocycles. The Morgan fingerprint density at radius 3 is 2.75 bits per heavy atom. The molecule has 1 heterocycles. The van der Waals surface area contributed by atoms with E-state index >= 15 is 0 Å². The zero-order valence-electron chi connectivity index (χ0n) is 9.23. The number of amides is 1. The maximum Gasteiger partial charge on any atom is 0.228 e. The number of thioether (sulfide) groups is 1. The topological polar surface area (TPSA) is 38.3 Å². The van der Waals surface area contributed by atoms with Gasteiger partial charge in [0.2, 0.25) is 5.91 Å². The number of ether oxygens (including phenoxy) is 1. The second kappa shape index (κ2) is 5.25. The van der Waals surface area contributed by atoms with Crippen molar-refractivity contribution in [3.8, 4) is 5.75 Å². The summed E-state index contributed by atoms with van der Waals surface area (Å²) in [5.41, 5.74) is 0.836. The van der Waals surface area contributed by atoms with E-state index in [1.54, 1.807) is 7.11 Å². The number of methoxy groups -OCH3 is 1. The molecule has 1 N–H and O–H groups in total. The Balaban J connectivity index is 1.94. The third kappa shape index (κ3) is 2.70. The second-order valence-corrected chi connectivity index (χ2v) is 4.93. The van der Waals surface area contributed by atoms with Crippen LogP contribution in [0, 0.1) is 5.92 Å². The molecular weight excluding hydrogens is 222 g/mol. The fraction of sp³-hybridized carbons (Fsp3) is 0.417. The van der Waals surface area contributed by atoms with E-state index in [9.17, 15) is 4.79 Å². The van der Waals surface area contributed by atoms with Gasteiger partial charge in [0.1, 0.15) is 5.75 Å². The molecule has 1 saturated heterocycles. The SMILES string of the molecule is COc1ccc(NC(=O)C2CCSC2)cc1. The van der Waals surface area contributed by atoms with Gasteiger partial charge in [-0.25, -0.2) is 0 Å². The van der Waals surface area contributed by atoms with Gasteiger partial charge in [-0.2, -0.15) is 11.8 Å². The Morgan fingerprint density at radius 1 is 1.44 bits per heavy atom. The zero-order valence-corrected chi connectivity index (χ0v) is 10.0. The number of rotatable bonds is 3. The Kier molecular flexibility index (Phi) is 3.72. The molecule has 1 aliphatic heterocycles. The van der Waals surface area contributed by atoms with E-state index in [0.717, 1.165) is 29.4 Å². The number of carbonyl (C=O) groups is 1. The van der Waals surface area contributed by atoms with Crippen LogP contribution in [0.3, 0.4) is 0 Å².